The largest absolute Gasteiger partial charge is 0.269 e. The molecule has 0 aliphatic carbocycles. The third-order valence-corrected chi connectivity index (χ3v) is 2.54. The van der Waals surface area contributed by atoms with Crippen LogP contribution in [0.3, 0.4) is 0 Å². The molecule has 70 valence electrons. The van der Waals surface area contributed by atoms with Crippen LogP contribution in [-0.2, 0) is 5.75 Å². The monoisotopic (exact) mass is 197 g/mol. The zero-order chi connectivity index (χ0) is 9.68. The Morgan fingerprint density at radius 3 is 2.92 bits per heavy atom. The zero-order valence-electron chi connectivity index (χ0n) is 7.40. The number of benzene rings is 1. The van der Waals surface area contributed by atoms with E-state index in [1.54, 1.807) is 23.9 Å². The summed E-state index contributed by atoms with van der Waals surface area (Å²) in [6.45, 7) is 2.07. The molecule has 0 heterocycles. The van der Waals surface area contributed by atoms with E-state index in [1.165, 1.54) is 6.07 Å². The van der Waals surface area contributed by atoms with Gasteiger partial charge in [0, 0.05) is 17.9 Å². The fourth-order valence-corrected chi connectivity index (χ4v) is 1.60. The predicted octanol–water partition coefficient (Wildman–Crippen LogP) is 2.85. The summed E-state index contributed by atoms with van der Waals surface area (Å²) < 4.78 is 0. The van der Waals surface area contributed by atoms with E-state index in [2.05, 4.69) is 6.92 Å². The fourth-order valence-electron chi connectivity index (χ4n) is 0.980. The van der Waals surface area contributed by atoms with Crippen LogP contribution >= 0.6 is 11.8 Å². The molecule has 3 nitrogen and oxygen atoms in total. The summed E-state index contributed by atoms with van der Waals surface area (Å²) >= 11 is 1.76. The molecule has 0 aromatic heterocycles. The molecule has 13 heavy (non-hydrogen) atoms. The molecule has 1 rings (SSSR count). The van der Waals surface area contributed by atoms with Crippen molar-refractivity contribution in [3.8, 4) is 0 Å². The van der Waals surface area contributed by atoms with Crippen molar-refractivity contribution in [2.45, 2.75) is 12.7 Å². The zero-order valence-corrected chi connectivity index (χ0v) is 8.21. The van der Waals surface area contributed by atoms with Gasteiger partial charge < -0.3 is 0 Å². The number of non-ortho nitro benzene ring substituents is 1. The molecule has 0 aliphatic rings. The standard InChI is InChI=1S/C9H11NO2S/c1-2-13-7-8-4-3-5-9(6-8)10(11)12/h3-6H,2,7H2,1H3. The van der Waals surface area contributed by atoms with E-state index in [1.807, 2.05) is 6.07 Å². The van der Waals surface area contributed by atoms with Gasteiger partial charge in [-0.3, -0.25) is 10.1 Å². The molecule has 0 aliphatic heterocycles. The molecule has 1 aromatic rings. The van der Waals surface area contributed by atoms with Gasteiger partial charge in [-0.05, 0) is 11.3 Å². The number of thioether (sulfide) groups is 1. The first kappa shape index (κ1) is 10.1. The highest BCUT2D eigenvalue weighted by Crippen LogP contribution is 2.17. The molecule has 0 unspecified atom stereocenters. The first-order valence-corrected chi connectivity index (χ1v) is 5.20. The lowest BCUT2D eigenvalue weighted by Crippen LogP contribution is -1.89. The van der Waals surface area contributed by atoms with Gasteiger partial charge >= 0.3 is 0 Å². The summed E-state index contributed by atoms with van der Waals surface area (Å²) in [5, 5.41) is 10.4. The lowest BCUT2D eigenvalue weighted by Gasteiger charge is -1.98. The van der Waals surface area contributed by atoms with Crippen LogP contribution in [0.5, 0.6) is 0 Å². The van der Waals surface area contributed by atoms with Gasteiger partial charge in [-0.15, -0.1) is 0 Å². The van der Waals surface area contributed by atoms with Crippen molar-refractivity contribution >= 4 is 17.4 Å². The van der Waals surface area contributed by atoms with Crippen LogP contribution in [-0.4, -0.2) is 10.7 Å². The highest BCUT2D eigenvalue weighted by Gasteiger charge is 2.04. The second kappa shape index (κ2) is 4.87. The molecule has 0 radical (unpaired) electrons. The van der Waals surface area contributed by atoms with Gasteiger partial charge in [0.2, 0.25) is 0 Å². The molecule has 1 aromatic carbocycles. The summed E-state index contributed by atoms with van der Waals surface area (Å²) in [4.78, 5) is 10.1. The molecule has 4 heteroatoms. The number of nitrogens with zero attached hydrogens (tertiary/aromatic N) is 1. The van der Waals surface area contributed by atoms with Crippen LogP contribution in [0.4, 0.5) is 5.69 Å². The molecule has 0 atom stereocenters. The van der Waals surface area contributed by atoms with Crippen molar-refractivity contribution in [3.63, 3.8) is 0 Å². The second-order valence-electron chi connectivity index (χ2n) is 2.56. The van der Waals surface area contributed by atoms with Gasteiger partial charge in [0.1, 0.15) is 0 Å². The highest BCUT2D eigenvalue weighted by atomic mass is 32.2. The van der Waals surface area contributed by atoms with Gasteiger partial charge in [-0.25, -0.2) is 0 Å². The van der Waals surface area contributed by atoms with Crippen molar-refractivity contribution in [1.29, 1.82) is 0 Å². The Bertz CT molecular complexity index is 301. The number of nitro benzene ring substituents is 1. The maximum Gasteiger partial charge on any atom is 0.269 e. The van der Waals surface area contributed by atoms with Crippen molar-refractivity contribution in [1.82, 2.24) is 0 Å². The Morgan fingerprint density at radius 2 is 2.31 bits per heavy atom. The van der Waals surface area contributed by atoms with E-state index >= 15 is 0 Å². The number of rotatable bonds is 4. The number of hydrogen-bond acceptors (Lipinski definition) is 3. The summed E-state index contributed by atoms with van der Waals surface area (Å²) in [6.07, 6.45) is 0. The Balaban J connectivity index is 2.73. The smallest absolute Gasteiger partial charge is 0.258 e. The molecule has 0 N–H and O–H groups in total. The van der Waals surface area contributed by atoms with Crippen LogP contribution in [0.25, 0.3) is 0 Å². The van der Waals surface area contributed by atoms with Crippen molar-refractivity contribution in [2.24, 2.45) is 0 Å². The third kappa shape index (κ3) is 3.06. The second-order valence-corrected chi connectivity index (χ2v) is 3.84. The molecule has 0 spiro atoms. The lowest BCUT2D eigenvalue weighted by atomic mass is 10.2. The summed E-state index contributed by atoms with van der Waals surface area (Å²) in [5.41, 5.74) is 1.19. The van der Waals surface area contributed by atoms with Crippen LogP contribution < -0.4 is 0 Å². The summed E-state index contributed by atoms with van der Waals surface area (Å²) in [5.74, 6) is 1.88. The topological polar surface area (TPSA) is 43.1 Å². The summed E-state index contributed by atoms with van der Waals surface area (Å²) in [6, 6.07) is 6.78. The van der Waals surface area contributed by atoms with Gasteiger partial charge in [-0.1, -0.05) is 19.1 Å². The Labute approximate surface area is 81.3 Å². The van der Waals surface area contributed by atoms with Crippen LogP contribution in [0, 0.1) is 10.1 Å². The van der Waals surface area contributed by atoms with Crippen LogP contribution in [0.2, 0.25) is 0 Å². The number of nitro groups is 1. The third-order valence-electron chi connectivity index (χ3n) is 1.59. The predicted molar refractivity (Wildman–Crippen MR) is 54.9 cm³/mol. The number of hydrogen-bond donors (Lipinski definition) is 0. The van der Waals surface area contributed by atoms with Gasteiger partial charge in [-0.2, -0.15) is 11.8 Å². The van der Waals surface area contributed by atoms with E-state index in [9.17, 15) is 10.1 Å². The minimum atomic E-state index is -0.361. The van der Waals surface area contributed by atoms with E-state index in [4.69, 9.17) is 0 Å². The van der Waals surface area contributed by atoms with Crippen LogP contribution in [0.15, 0.2) is 24.3 Å². The molecule has 0 saturated heterocycles. The molecular weight excluding hydrogens is 186 g/mol. The van der Waals surface area contributed by atoms with E-state index in [-0.39, 0.29) is 10.6 Å². The average molecular weight is 197 g/mol. The molecule has 0 saturated carbocycles. The molecular formula is C9H11NO2S. The summed E-state index contributed by atoms with van der Waals surface area (Å²) in [7, 11) is 0. The van der Waals surface area contributed by atoms with Gasteiger partial charge in [0.25, 0.3) is 5.69 Å². The molecule has 0 bridgehead atoms. The van der Waals surface area contributed by atoms with E-state index in [0.29, 0.717) is 0 Å². The Morgan fingerprint density at radius 1 is 1.54 bits per heavy atom. The minimum Gasteiger partial charge on any atom is -0.258 e. The maximum atomic E-state index is 10.4. The first-order chi connectivity index (χ1) is 6.24. The maximum absolute atomic E-state index is 10.4. The average Bonchev–Trinajstić information content (AvgIpc) is 2.15. The fraction of sp³-hybridized carbons (Fsp3) is 0.333. The van der Waals surface area contributed by atoms with Gasteiger partial charge in [0.15, 0.2) is 0 Å². The van der Waals surface area contributed by atoms with E-state index < -0.39 is 0 Å². The van der Waals surface area contributed by atoms with Crippen molar-refractivity contribution in [2.75, 3.05) is 5.75 Å². The Kier molecular flexibility index (Phi) is 3.76. The first-order valence-electron chi connectivity index (χ1n) is 4.05. The van der Waals surface area contributed by atoms with Gasteiger partial charge in [0.05, 0.1) is 4.92 Å². The van der Waals surface area contributed by atoms with Crippen LogP contribution in [0.1, 0.15) is 12.5 Å². The lowest BCUT2D eigenvalue weighted by molar-refractivity contribution is -0.384. The minimum absolute atomic E-state index is 0.175. The SMILES string of the molecule is CCSCc1cccc([N+](=O)[O-])c1. The molecule has 0 fully saturated rings. The van der Waals surface area contributed by atoms with Crippen molar-refractivity contribution < 1.29 is 4.92 Å². The van der Waals surface area contributed by atoms with E-state index in [0.717, 1.165) is 17.1 Å². The van der Waals surface area contributed by atoms with Crippen molar-refractivity contribution in [3.05, 3.63) is 39.9 Å². The normalized spacial score (nSPS) is 9.92. The Hall–Kier alpha value is -1.03. The highest BCUT2D eigenvalue weighted by molar-refractivity contribution is 7.98. The molecule has 0 amide bonds. The quantitative estimate of drug-likeness (QED) is 0.550.